The minimum Gasteiger partial charge on any atom is -0.469 e. The van der Waals surface area contributed by atoms with Crippen LogP contribution in [0, 0.1) is 5.82 Å². The number of hydrogen-bond acceptors (Lipinski definition) is 3. The standard InChI is InChI=1S/C9H7BrF3NO2/c1-16-5(15)2-4-3-14-8(9(12)13)6(10)7(4)11/h3,9H,2H2,1H3. The van der Waals surface area contributed by atoms with Crippen molar-refractivity contribution in [3.05, 3.63) is 27.7 Å². The molecule has 16 heavy (non-hydrogen) atoms. The molecule has 0 saturated carbocycles. The van der Waals surface area contributed by atoms with Gasteiger partial charge in [-0.25, -0.2) is 13.2 Å². The normalized spacial score (nSPS) is 10.6. The van der Waals surface area contributed by atoms with E-state index in [-0.39, 0.29) is 12.0 Å². The zero-order chi connectivity index (χ0) is 12.3. The van der Waals surface area contributed by atoms with Crippen LogP contribution in [0.3, 0.4) is 0 Å². The second kappa shape index (κ2) is 5.29. The molecule has 3 nitrogen and oxygen atoms in total. The van der Waals surface area contributed by atoms with Gasteiger partial charge in [-0.3, -0.25) is 9.78 Å². The fraction of sp³-hybridized carbons (Fsp3) is 0.333. The zero-order valence-corrected chi connectivity index (χ0v) is 9.72. The largest absolute Gasteiger partial charge is 0.469 e. The summed E-state index contributed by atoms with van der Waals surface area (Å²) in [5.41, 5.74) is -0.783. The Labute approximate surface area is 97.8 Å². The van der Waals surface area contributed by atoms with E-state index in [4.69, 9.17) is 0 Å². The first-order valence-electron chi connectivity index (χ1n) is 4.15. The van der Waals surface area contributed by atoms with Crippen molar-refractivity contribution >= 4 is 21.9 Å². The van der Waals surface area contributed by atoms with E-state index in [0.29, 0.717) is 0 Å². The molecule has 1 aromatic heterocycles. The maximum absolute atomic E-state index is 13.5. The Hall–Kier alpha value is -1.11. The van der Waals surface area contributed by atoms with Crippen LogP contribution in [0.1, 0.15) is 17.7 Å². The maximum atomic E-state index is 13.5. The number of pyridine rings is 1. The van der Waals surface area contributed by atoms with Crippen LogP contribution in [0.4, 0.5) is 13.2 Å². The molecule has 1 rings (SSSR count). The quantitative estimate of drug-likeness (QED) is 0.805. The highest BCUT2D eigenvalue weighted by molar-refractivity contribution is 9.10. The molecule has 7 heteroatoms. The molecule has 88 valence electrons. The molecule has 0 unspecified atom stereocenters. The topological polar surface area (TPSA) is 39.2 Å². The fourth-order valence-electron chi connectivity index (χ4n) is 1.02. The minimum absolute atomic E-state index is 0.0943. The van der Waals surface area contributed by atoms with Gasteiger partial charge in [0.25, 0.3) is 6.43 Å². The number of esters is 1. The first kappa shape index (κ1) is 13.0. The van der Waals surface area contributed by atoms with Crippen LogP contribution in [-0.2, 0) is 16.0 Å². The Morgan fingerprint density at radius 2 is 2.25 bits per heavy atom. The first-order valence-corrected chi connectivity index (χ1v) is 4.94. The van der Waals surface area contributed by atoms with Crippen LogP contribution in [0.15, 0.2) is 10.7 Å². The van der Waals surface area contributed by atoms with Crippen molar-refractivity contribution in [3.63, 3.8) is 0 Å². The average molecular weight is 298 g/mol. The van der Waals surface area contributed by atoms with Crippen molar-refractivity contribution in [2.45, 2.75) is 12.8 Å². The summed E-state index contributed by atoms with van der Waals surface area (Å²) in [6, 6.07) is 0. The summed E-state index contributed by atoms with van der Waals surface area (Å²) in [5.74, 6) is -1.59. The van der Waals surface area contributed by atoms with Crippen molar-refractivity contribution in [1.29, 1.82) is 0 Å². The van der Waals surface area contributed by atoms with Crippen molar-refractivity contribution < 1.29 is 22.7 Å². The predicted molar refractivity (Wildman–Crippen MR) is 52.6 cm³/mol. The summed E-state index contributed by atoms with van der Waals surface area (Å²) in [7, 11) is 1.15. The van der Waals surface area contributed by atoms with Crippen LogP contribution >= 0.6 is 15.9 Å². The smallest absolute Gasteiger partial charge is 0.310 e. The highest BCUT2D eigenvalue weighted by Crippen LogP contribution is 2.29. The summed E-state index contributed by atoms with van der Waals surface area (Å²) in [5, 5.41) is 0. The lowest BCUT2D eigenvalue weighted by molar-refractivity contribution is -0.139. The number of halogens is 4. The average Bonchev–Trinajstić information content (AvgIpc) is 2.24. The fourth-order valence-corrected chi connectivity index (χ4v) is 1.55. The third-order valence-electron chi connectivity index (χ3n) is 1.83. The summed E-state index contributed by atoms with van der Waals surface area (Å²) in [4.78, 5) is 14.3. The molecule has 0 atom stereocenters. The summed E-state index contributed by atoms with van der Waals surface area (Å²) < 4.78 is 42.0. The van der Waals surface area contributed by atoms with Gasteiger partial charge in [0.15, 0.2) is 0 Å². The number of carbonyl (C=O) groups is 1. The van der Waals surface area contributed by atoms with E-state index >= 15 is 0 Å². The van der Waals surface area contributed by atoms with E-state index in [2.05, 4.69) is 25.7 Å². The molecule has 0 aliphatic rings. The maximum Gasteiger partial charge on any atom is 0.310 e. The molecule has 1 aromatic rings. The molecule has 1 heterocycles. The van der Waals surface area contributed by atoms with Crippen LogP contribution in [0.5, 0.6) is 0 Å². The van der Waals surface area contributed by atoms with Crippen LogP contribution in [-0.4, -0.2) is 18.1 Å². The number of methoxy groups -OCH3 is 1. The second-order valence-electron chi connectivity index (χ2n) is 2.85. The summed E-state index contributed by atoms with van der Waals surface area (Å²) in [6.45, 7) is 0. The van der Waals surface area contributed by atoms with Gasteiger partial charge in [0.1, 0.15) is 11.5 Å². The highest BCUT2D eigenvalue weighted by Gasteiger charge is 2.20. The Bertz CT molecular complexity index is 412. The van der Waals surface area contributed by atoms with Crippen molar-refractivity contribution in [3.8, 4) is 0 Å². The molecule has 0 aliphatic carbocycles. The van der Waals surface area contributed by atoms with Gasteiger partial charge in [0.2, 0.25) is 0 Å². The van der Waals surface area contributed by atoms with Gasteiger partial charge in [-0.05, 0) is 15.9 Å². The zero-order valence-electron chi connectivity index (χ0n) is 8.14. The van der Waals surface area contributed by atoms with Gasteiger partial charge in [-0.2, -0.15) is 0 Å². The van der Waals surface area contributed by atoms with Crippen LogP contribution in [0.25, 0.3) is 0 Å². The second-order valence-corrected chi connectivity index (χ2v) is 3.64. The molecular weight excluding hydrogens is 291 g/mol. The molecule has 0 bridgehead atoms. The first-order chi connectivity index (χ1) is 7.47. The van der Waals surface area contributed by atoms with E-state index in [9.17, 15) is 18.0 Å². The third kappa shape index (κ3) is 2.72. The molecule has 0 aliphatic heterocycles. The lowest BCUT2D eigenvalue weighted by Gasteiger charge is -2.07. The molecule has 0 amide bonds. The molecule has 0 saturated heterocycles. The highest BCUT2D eigenvalue weighted by atomic mass is 79.9. The van der Waals surface area contributed by atoms with E-state index < -0.39 is 28.4 Å². The molecule has 0 radical (unpaired) electrons. The number of nitrogens with zero attached hydrogens (tertiary/aromatic N) is 1. The van der Waals surface area contributed by atoms with Gasteiger partial charge in [-0.1, -0.05) is 0 Å². The Kier molecular flexibility index (Phi) is 4.28. The van der Waals surface area contributed by atoms with Gasteiger partial charge in [-0.15, -0.1) is 0 Å². The van der Waals surface area contributed by atoms with Gasteiger partial charge < -0.3 is 4.74 Å². The van der Waals surface area contributed by atoms with E-state index in [1.54, 1.807) is 0 Å². The lowest BCUT2D eigenvalue weighted by atomic mass is 10.2. The van der Waals surface area contributed by atoms with E-state index in [0.717, 1.165) is 13.3 Å². The van der Waals surface area contributed by atoms with Crippen molar-refractivity contribution in [1.82, 2.24) is 4.98 Å². The van der Waals surface area contributed by atoms with Gasteiger partial charge in [0, 0.05) is 11.8 Å². The van der Waals surface area contributed by atoms with Crippen LogP contribution in [0.2, 0.25) is 0 Å². The molecule has 0 fully saturated rings. The van der Waals surface area contributed by atoms with E-state index in [1.807, 2.05) is 0 Å². The number of carbonyl (C=O) groups excluding carboxylic acids is 1. The van der Waals surface area contributed by atoms with Gasteiger partial charge in [0.05, 0.1) is 18.0 Å². The monoisotopic (exact) mass is 297 g/mol. The van der Waals surface area contributed by atoms with E-state index in [1.165, 1.54) is 0 Å². The van der Waals surface area contributed by atoms with Crippen molar-refractivity contribution in [2.75, 3.05) is 7.11 Å². The molecule has 0 aromatic carbocycles. The van der Waals surface area contributed by atoms with Crippen LogP contribution < -0.4 is 0 Å². The third-order valence-corrected chi connectivity index (χ3v) is 2.58. The Morgan fingerprint density at radius 1 is 1.62 bits per heavy atom. The number of ether oxygens (including phenoxy) is 1. The predicted octanol–water partition coefficient (Wildman–Crippen LogP) is 2.64. The SMILES string of the molecule is COC(=O)Cc1cnc(C(F)F)c(Br)c1F. The summed E-state index contributed by atoms with van der Waals surface area (Å²) in [6.07, 6.45) is -2.33. The molecule has 0 spiro atoms. The number of rotatable bonds is 3. The lowest BCUT2D eigenvalue weighted by Crippen LogP contribution is -2.08. The summed E-state index contributed by atoms with van der Waals surface area (Å²) >= 11 is 2.67. The molecule has 0 N–H and O–H groups in total. The Balaban J connectivity index is 3.07. The molecular formula is C9H7BrF3NO2. The Morgan fingerprint density at radius 3 is 2.75 bits per heavy atom. The number of aromatic nitrogens is 1. The van der Waals surface area contributed by atoms with Gasteiger partial charge >= 0.3 is 5.97 Å². The number of hydrogen-bond donors (Lipinski definition) is 0. The van der Waals surface area contributed by atoms with Crippen molar-refractivity contribution in [2.24, 2.45) is 0 Å². The number of alkyl halides is 2. The minimum atomic E-state index is -2.88.